The van der Waals surface area contributed by atoms with Crippen LogP contribution in [0.25, 0.3) is 0 Å². The van der Waals surface area contributed by atoms with Gasteiger partial charge in [-0.2, -0.15) is 11.3 Å². The summed E-state index contributed by atoms with van der Waals surface area (Å²) in [6.07, 6.45) is 4.94. The van der Waals surface area contributed by atoms with Gasteiger partial charge in [0.15, 0.2) is 0 Å². The molecule has 2 aliphatic rings. The Morgan fingerprint density at radius 1 is 1.53 bits per heavy atom. The molecule has 2 saturated carbocycles. The highest BCUT2D eigenvalue weighted by Crippen LogP contribution is 2.45. The first kappa shape index (κ1) is 13.1. The van der Waals surface area contributed by atoms with Gasteiger partial charge in [0.05, 0.1) is 10.4 Å². The van der Waals surface area contributed by atoms with E-state index in [0.717, 1.165) is 32.1 Å². The predicted octanol–water partition coefficient (Wildman–Crippen LogP) is 2.70. The van der Waals surface area contributed by atoms with E-state index in [1.165, 1.54) is 5.56 Å². The minimum Gasteiger partial charge on any atom is -0.392 e. The van der Waals surface area contributed by atoms with Crippen LogP contribution in [0.2, 0.25) is 0 Å². The fraction of sp³-hybridized carbons (Fsp3) is 0.571. The van der Waals surface area contributed by atoms with Crippen molar-refractivity contribution in [3.8, 4) is 0 Å². The van der Waals surface area contributed by atoms with E-state index < -0.39 is 5.41 Å². The first-order valence-electron chi connectivity index (χ1n) is 6.75. The molecular weight excluding hydrogens is 276 g/mol. The number of thiophene rings is 1. The van der Waals surface area contributed by atoms with Crippen molar-refractivity contribution in [1.29, 1.82) is 0 Å². The van der Waals surface area contributed by atoms with Crippen molar-refractivity contribution in [1.82, 2.24) is 4.90 Å². The Kier molecular flexibility index (Phi) is 3.35. The molecule has 0 spiro atoms. The van der Waals surface area contributed by atoms with E-state index in [-0.39, 0.29) is 5.91 Å². The van der Waals surface area contributed by atoms with E-state index in [0.29, 0.717) is 17.6 Å². The number of carbonyl (C=O) groups excluding carboxylic acids is 1. The summed E-state index contributed by atoms with van der Waals surface area (Å²) >= 11 is 6.83. The molecule has 1 heterocycles. The third-order valence-corrected chi connectivity index (χ3v) is 5.39. The Bertz CT molecular complexity index is 490. The molecule has 1 aromatic heterocycles. The maximum atomic E-state index is 12.9. The Morgan fingerprint density at radius 2 is 2.26 bits per heavy atom. The number of nitrogens with two attached hydrogens (primary N) is 1. The number of amides is 1. The summed E-state index contributed by atoms with van der Waals surface area (Å²) in [4.78, 5) is 15.3. The summed E-state index contributed by atoms with van der Waals surface area (Å²) < 4.78 is 0. The highest BCUT2D eigenvalue weighted by atomic mass is 32.1. The van der Waals surface area contributed by atoms with E-state index in [1.54, 1.807) is 11.3 Å². The molecule has 0 radical (unpaired) electrons. The highest BCUT2D eigenvalue weighted by Gasteiger charge is 2.51. The van der Waals surface area contributed by atoms with Gasteiger partial charge in [0.25, 0.3) is 0 Å². The summed E-state index contributed by atoms with van der Waals surface area (Å²) in [5, 5.41) is 4.16. The number of thiocarbonyl (C=S) groups is 1. The second-order valence-electron chi connectivity index (χ2n) is 5.60. The third kappa shape index (κ3) is 2.30. The monoisotopic (exact) mass is 294 g/mol. The van der Waals surface area contributed by atoms with Gasteiger partial charge >= 0.3 is 0 Å². The van der Waals surface area contributed by atoms with Gasteiger partial charge in [0, 0.05) is 12.6 Å². The van der Waals surface area contributed by atoms with Gasteiger partial charge in [-0.1, -0.05) is 18.6 Å². The second-order valence-corrected chi connectivity index (χ2v) is 6.82. The van der Waals surface area contributed by atoms with Crippen molar-refractivity contribution < 1.29 is 4.79 Å². The minimum atomic E-state index is -0.534. The van der Waals surface area contributed by atoms with Crippen LogP contribution in [0.3, 0.4) is 0 Å². The Labute approximate surface area is 122 Å². The number of hydrogen-bond donors (Lipinski definition) is 1. The zero-order chi connectivity index (χ0) is 13.5. The molecule has 3 nitrogen and oxygen atoms in total. The molecule has 1 amide bonds. The molecule has 19 heavy (non-hydrogen) atoms. The standard InChI is InChI=1S/C14H18N2OS2/c15-12(18)14(5-1-6-14)13(17)16(11-2-3-11)8-10-4-7-19-9-10/h4,7,9,11H,1-3,5-6,8H2,(H2,15,18). The van der Waals surface area contributed by atoms with Crippen molar-refractivity contribution in [2.24, 2.45) is 11.1 Å². The van der Waals surface area contributed by atoms with E-state index in [2.05, 4.69) is 16.8 Å². The SMILES string of the molecule is NC(=S)C1(C(=O)N(Cc2ccsc2)C2CC2)CCC1. The predicted molar refractivity (Wildman–Crippen MR) is 81.0 cm³/mol. The molecular formula is C14H18N2OS2. The molecule has 1 aromatic rings. The third-order valence-electron chi connectivity index (χ3n) is 4.27. The van der Waals surface area contributed by atoms with E-state index >= 15 is 0 Å². The molecule has 3 rings (SSSR count). The van der Waals surface area contributed by atoms with Gasteiger partial charge in [-0.3, -0.25) is 4.79 Å². The van der Waals surface area contributed by atoms with Crippen LogP contribution < -0.4 is 5.73 Å². The molecule has 102 valence electrons. The lowest BCUT2D eigenvalue weighted by Crippen LogP contribution is -2.54. The smallest absolute Gasteiger partial charge is 0.236 e. The average Bonchev–Trinajstić information content (AvgIpc) is 3.01. The number of rotatable bonds is 5. The Hall–Kier alpha value is -0.940. The van der Waals surface area contributed by atoms with E-state index in [9.17, 15) is 4.79 Å². The lowest BCUT2D eigenvalue weighted by Gasteiger charge is -2.42. The zero-order valence-electron chi connectivity index (χ0n) is 10.8. The van der Waals surface area contributed by atoms with Crippen molar-refractivity contribution in [3.63, 3.8) is 0 Å². The van der Waals surface area contributed by atoms with Crippen LogP contribution in [0.4, 0.5) is 0 Å². The van der Waals surface area contributed by atoms with Crippen LogP contribution in [0.1, 0.15) is 37.7 Å². The van der Waals surface area contributed by atoms with Crippen LogP contribution in [-0.2, 0) is 11.3 Å². The van der Waals surface area contributed by atoms with E-state index in [4.69, 9.17) is 18.0 Å². The largest absolute Gasteiger partial charge is 0.392 e. The Balaban J connectivity index is 1.80. The molecule has 0 bridgehead atoms. The van der Waals surface area contributed by atoms with Gasteiger partial charge < -0.3 is 10.6 Å². The summed E-state index contributed by atoms with van der Waals surface area (Å²) in [6.45, 7) is 0.706. The topological polar surface area (TPSA) is 46.3 Å². The van der Waals surface area contributed by atoms with Gasteiger partial charge in [-0.15, -0.1) is 0 Å². The van der Waals surface area contributed by atoms with Gasteiger partial charge in [0.1, 0.15) is 0 Å². The second kappa shape index (κ2) is 4.87. The van der Waals surface area contributed by atoms with Gasteiger partial charge in [0.2, 0.25) is 5.91 Å². The number of hydrogen-bond acceptors (Lipinski definition) is 3. The van der Waals surface area contributed by atoms with Gasteiger partial charge in [-0.25, -0.2) is 0 Å². The van der Waals surface area contributed by atoms with Crippen LogP contribution in [0.5, 0.6) is 0 Å². The summed E-state index contributed by atoms with van der Waals surface area (Å²) in [5.74, 6) is 0.167. The molecule has 0 aromatic carbocycles. The van der Waals surface area contributed by atoms with Crippen molar-refractivity contribution in [3.05, 3.63) is 22.4 Å². The molecule has 0 saturated heterocycles. The number of nitrogens with zero attached hydrogens (tertiary/aromatic N) is 1. The van der Waals surface area contributed by atoms with Crippen molar-refractivity contribution in [2.45, 2.75) is 44.7 Å². The normalized spacial score (nSPS) is 20.6. The van der Waals surface area contributed by atoms with Crippen LogP contribution in [0, 0.1) is 5.41 Å². The maximum Gasteiger partial charge on any atom is 0.236 e. The van der Waals surface area contributed by atoms with Crippen molar-refractivity contribution >= 4 is 34.5 Å². The number of carbonyl (C=O) groups is 1. The Morgan fingerprint density at radius 3 is 2.68 bits per heavy atom. The average molecular weight is 294 g/mol. The van der Waals surface area contributed by atoms with Crippen LogP contribution in [0.15, 0.2) is 16.8 Å². The molecule has 2 N–H and O–H groups in total. The molecule has 5 heteroatoms. The summed E-state index contributed by atoms with van der Waals surface area (Å²) in [5.41, 5.74) is 6.53. The molecule has 2 fully saturated rings. The lowest BCUT2D eigenvalue weighted by atomic mass is 9.67. The molecule has 0 unspecified atom stereocenters. The minimum absolute atomic E-state index is 0.167. The van der Waals surface area contributed by atoms with E-state index in [1.807, 2.05) is 4.90 Å². The van der Waals surface area contributed by atoms with Gasteiger partial charge in [-0.05, 0) is 48.1 Å². The fourth-order valence-corrected chi connectivity index (χ4v) is 3.65. The van der Waals surface area contributed by atoms with Crippen LogP contribution in [-0.4, -0.2) is 21.8 Å². The quantitative estimate of drug-likeness (QED) is 0.849. The molecule has 0 aliphatic heterocycles. The molecule has 0 atom stereocenters. The summed E-state index contributed by atoms with van der Waals surface area (Å²) in [7, 11) is 0. The zero-order valence-corrected chi connectivity index (χ0v) is 12.4. The van der Waals surface area contributed by atoms with Crippen LogP contribution >= 0.6 is 23.6 Å². The maximum absolute atomic E-state index is 12.9. The first-order chi connectivity index (χ1) is 9.13. The first-order valence-corrected chi connectivity index (χ1v) is 8.11. The lowest BCUT2D eigenvalue weighted by molar-refractivity contribution is -0.143. The fourth-order valence-electron chi connectivity index (χ4n) is 2.70. The summed E-state index contributed by atoms with van der Waals surface area (Å²) in [6, 6.07) is 2.49. The highest BCUT2D eigenvalue weighted by molar-refractivity contribution is 7.80. The molecule has 2 aliphatic carbocycles. The van der Waals surface area contributed by atoms with Crippen molar-refractivity contribution in [2.75, 3.05) is 0 Å².